The number of hydrogen-bond donors (Lipinski definition) is 2. The fourth-order valence-corrected chi connectivity index (χ4v) is 3.20. The average molecular weight is 351 g/mol. The first kappa shape index (κ1) is 18.8. The second-order valence-corrected chi connectivity index (χ2v) is 7.57. The van der Waals surface area contributed by atoms with Crippen LogP contribution in [0.5, 0.6) is 0 Å². The second-order valence-electron chi connectivity index (χ2n) is 7.14. The van der Waals surface area contributed by atoms with Gasteiger partial charge in [-0.1, -0.05) is 31.5 Å². The molecular weight excluding hydrogens is 324 g/mol. The van der Waals surface area contributed by atoms with Gasteiger partial charge in [0.05, 0.1) is 0 Å². The van der Waals surface area contributed by atoms with Gasteiger partial charge in [-0.3, -0.25) is 9.59 Å². The van der Waals surface area contributed by atoms with Gasteiger partial charge in [0.15, 0.2) is 0 Å². The molecule has 1 aliphatic rings. The van der Waals surface area contributed by atoms with Crippen molar-refractivity contribution in [1.82, 2.24) is 5.32 Å². The van der Waals surface area contributed by atoms with E-state index in [2.05, 4.69) is 24.5 Å². The molecule has 0 aromatic heterocycles. The van der Waals surface area contributed by atoms with Crippen LogP contribution in [-0.2, 0) is 9.59 Å². The number of halogens is 1. The van der Waals surface area contributed by atoms with Crippen LogP contribution in [0.1, 0.15) is 45.1 Å². The van der Waals surface area contributed by atoms with Gasteiger partial charge in [-0.25, -0.2) is 0 Å². The Morgan fingerprint density at radius 3 is 2.29 bits per heavy atom. The maximum absolute atomic E-state index is 12.5. The Kier molecular flexibility index (Phi) is 6.67. The van der Waals surface area contributed by atoms with E-state index in [1.807, 2.05) is 19.1 Å². The third-order valence-electron chi connectivity index (χ3n) is 4.61. The molecule has 5 heteroatoms. The Bertz CT molecular complexity index is 593. The quantitative estimate of drug-likeness (QED) is 0.837. The van der Waals surface area contributed by atoms with Gasteiger partial charge >= 0.3 is 0 Å². The van der Waals surface area contributed by atoms with Gasteiger partial charge in [-0.15, -0.1) is 0 Å². The van der Waals surface area contributed by atoms with E-state index in [0.29, 0.717) is 17.5 Å². The lowest BCUT2D eigenvalue weighted by Gasteiger charge is -2.27. The van der Waals surface area contributed by atoms with Crippen LogP contribution in [0.2, 0.25) is 5.02 Å². The van der Waals surface area contributed by atoms with Crippen LogP contribution in [0.25, 0.3) is 0 Å². The third-order valence-corrected chi connectivity index (χ3v) is 4.85. The van der Waals surface area contributed by atoms with Gasteiger partial charge in [0.1, 0.15) is 0 Å². The predicted molar refractivity (Wildman–Crippen MR) is 98.1 cm³/mol. The highest BCUT2D eigenvalue weighted by Crippen LogP contribution is 2.30. The van der Waals surface area contributed by atoms with E-state index >= 15 is 0 Å². The normalized spacial score (nSPS) is 20.7. The molecule has 1 aromatic carbocycles. The number of hydrogen-bond acceptors (Lipinski definition) is 2. The maximum Gasteiger partial charge on any atom is 0.227 e. The molecule has 0 heterocycles. The lowest BCUT2D eigenvalue weighted by atomic mass is 9.81. The first-order valence-electron chi connectivity index (χ1n) is 8.71. The minimum atomic E-state index is -0.0301. The van der Waals surface area contributed by atoms with E-state index in [-0.39, 0.29) is 23.7 Å². The summed E-state index contributed by atoms with van der Waals surface area (Å²) >= 11 is 6.00. The molecular formula is C19H27ClN2O2. The van der Waals surface area contributed by atoms with Crippen LogP contribution in [0.15, 0.2) is 18.2 Å². The summed E-state index contributed by atoms with van der Waals surface area (Å²) < 4.78 is 0. The Labute approximate surface area is 149 Å². The van der Waals surface area contributed by atoms with Gasteiger partial charge in [0, 0.05) is 29.1 Å². The Morgan fingerprint density at radius 2 is 1.71 bits per heavy atom. The van der Waals surface area contributed by atoms with E-state index in [4.69, 9.17) is 11.6 Å². The van der Waals surface area contributed by atoms with E-state index in [9.17, 15) is 9.59 Å². The summed E-state index contributed by atoms with van der Waals surface area (Å²) in [5, 5.41) is 6.59. The molecule has 0 spiro atoms. The van der Waals surface area contributed by atoms with Crippen LogP contribution >= 0.6 is 11.6 Å². The van der Waals surface area contributed by atoms with Crippen LogP contribution in [0.3, 0.4) is 0 Å². The Morgan fingerprint density at radius 1 is 1.12 bits per heavy atom. The summed E-state index contributed by atoms with van der Waals surface area (Å²) in [6.45, 7) is 6.83. The molecule has 0 saturated heterocycles. The lowest BCUT2D eigenvalue weighted by molar-refractivity contribution is -0.128. The molecule has 2 amide bonds. The van der Waals surface area contributed by atoms with Crippen LogP contribution in [-0.4, -0.2) is 18.4 Å². The molecule has 0 unspecified atom stereocenters. The number of carbonyl (C=O) groups excluding carboxylic acids is 2. The highest BCUT2D eigenvalue weighted by Gasteiger charge is 2.30. The fraction of sp³-hybridized carbons (Fsp3) is 0.579. The van der Waals surface area contributed by atoms with Crippen molar-refractivity contribution in [3.05, 3.63) is 28.8 Å². The lowest BCUT2D eigenvalue weighted by Crippen LogP contribution is -2.37. The second kappa shape index (κ2) is 8.52. The standard InChI is InChI=1S/C19H27ClN2O2/c1-12(2)11-21-18(23)14-5-7-15(8-6-14)19(24)22-17-10-16(20)9-4-13(17)3/h4,9-10,12,14-15H,5-8,11H2,1-3H3,(H,21,23)(H,22,24). The molecule has 2 N–H and O–H groups in total. The Hall–Kier alpha value is -1.55. The Balaban J connectivity index is 1.84. The number of aryl methyl sites for hydroxylation is 1. The van der Waals surface area contributed by atoms with Crippen molar-refractivity contribution in [3.8, 4) is 0 Å². The average Bonchev–Trinajstić information content (AvgIpc) is 2.56. The van der Waals surface area contributed by atoms with Crippen molar-refractivity contribution < 1.29 is 9.59 Å². The van der Waals surface area contributed by atoms with Crippen molar-refractivity contribution in [2.75, 3.05) is 11.9 Å². The summed E-state index contributed by atoms with van der Waals surface area (Å²) in [5.41, 5.74) is 1.76. The summed E-state index contributed by atoms with van der Waals surface area (Å²) in [6, 6.07) is 5.49. The summed E-state index contributed by atoms with van der Waals surface area (Å²) in [6.07, 6.45) is 3.06. The number of rotatable bonds is 5. The first-order valence-corrected chi connectivity index (χ1v) is 9.09. The van der Waals surface area contributed by atoms with Crippen molar-refractivity contribution in [2.24, 2.45) is 17.8 Å². The van der Waals surface area contributed by atoms with E-state index < -0.39 is 0 Å². The van der Waals surface area contributed by atoms with Crippen LogP contribution < -0.4 is 10.6 Å². The monoisotopic (exact) mass is 350 g/mol. The minimum absolute atomic E-state index is 0.0291. The molecule has 1 saturated carbocycles. The fourth-order valence-electron chi connectivity index (χ4n) is 3.03. The molecule has 2 rings (SSSR count). The van der Waals surface area contributed by atoms with Gasteiger partial charge < -0.3 is 10.6 Å². The smallest absolute Gasteiger partial charge is 0.227 e. The zero-order valence-corrected chi connectivity index (χ0v) is 15.5. The SMILES string of the molecule is Cc1ccc(Cl)cc1NC(=O)C1CCC(C(=O)NCC(C)C)CC1. The molecule has 0 radical (unpaired) electrons. The van der Waals surface area contributed by atoms with Crippen molar-refractivity contribution in [1.29, 1.82) is 0 Å². The number of carbonyl (C=O) groups is 2. The van der Waals surface area contributed by atoms with Crippen LogP contribution in [0, 0.1) is 24.7 Å². The first-order chi connectivity index (χ1) is 11.4. The van der Waals surface area contributed by atoms with E-state index in [1.165, 1.54) is 0 Å². The van der Waals surface area contributed by atoms with Gasteiger partial charge in [0.2, 0.25) is 11.8 Å². The highest BCUT2D eigenvalue weighted by molar-refractivity contribution is 6.31. The topological polar surface area (TPSA) is 58.2 Å². The van der Waals surface area contributed by atoms with Crippen LogP contribution in [0.4, 0.5) is 5.69 Å². The highest BCUT2D eigenvalue weighted by atomic mass is 35.5. The molecule has 24 heavy (non-hydrogen) atoms. The zero-order chi connectivity index (χ0) is 17.7. The van der Waals surface area contributed by atoms with Gasteiger partial charge in [-0.2, -0.15) is 0 Å². The van der Waals surface area contributed by atoms with E-state index in [1.54, 1.807) is 6.07 Å². The van der Waals surface area contributed by atoms with Crippen molar-refractivity contribution >= 4 is 29.1 Å². The molecule has 0 bridgehead atoms. The summed E-state index contributed by atoms with van der Waals surface area (Å²) in [7, 11) is 0. The zero-order valence-electron chi connectivity index (χ0n) is 14.7. The predicted octanol–water partition coefficient (Wildman–Crippen LogP) is 4.17. The maximum atomic E-state index is 12.5. The van der Waals surface area contributed by atoms with Gasteiger partial charge in [-0.05, 0) is 56.2 Å². The molecule has 132 valence electrons. The largest absolute Gasteiger partial charge is 0.356 e. The summed E-state index contributed by atoms with van der Waals surface area (Å²) in [5.74, 6) is 0.630. The van der Waals surface area contributed by atoms with E-state index in [0.717, 1.165) is 36.9 Å². The van der Waals surface area contributed by atoms with Crippen molar-refractivity contribution in [2.45, 2.75) is 46.5 Å². The molecule has 1 aliphatic carbocycles. The van der Waals surface area contributed by atoms with Crippen molar-refractivity contribution in [3.63, 3.8) is 0 Å². The number of amides is 2. The molecule has 1 aromatic rings. The molecule has 4 nitrogen and oxygen atoms in total. The van der Waals surface area contributed by atoms with Gasteiger partial charge in [0.25, 0.3) is 0 Å². The molecule has 0 atom stereocenters. The minimum Gasteiger partial charge on any atom is -0.356 e. The number of nitrogens with one attached hydrogen (secondary N) is 2. The molecule has 0 aliphatic heterocycles. The summed E-state index contributed by atoms with van der Waals surface area (Å²) in [4.78, 5) is 24.6. The number of benzene rings is 1. The third kappa shape index (κ3) is 5.23. The number of anilines is 1. The molecule has 1 fully saturated rings.